The predicted octanol–water partition coefficient (Wildman–Crippen LogP) is 4.06. The molecule has 1 fully saturated rings. The van der Waals surface area contributed by atoms with Crippen molar-refractivity contribution in [3.05, 3.63) is 45.9 Å². The highest BCUT2D eigenvalue weighted by Crippen LogP contribution is 2.40. The summed E-state index contributed by atoms with van der Waals surface area (Å²) in [6.45, 7) is 5.32. The van der Waals surface area contributed by atoms with Crippen molar-refractivity contribution in [2.75, 3.05) is 20.7 Å². The molecule has 2 aromatic rings. The lowest BCUT2D eigenvalue weighted by Crippen LogP contribution is -2.37. The fraction of sp³-hybridized carbons (Fsp3) is 0.522. The fourth-order valence-electron chi connectivity index (χ4n) is 4.01. The number of nitrogens with zero attached hydrogens (tertiary/aromatic N) is 3. The molecule has 1 saturated heterocycles. The number of thiazole rings is 1. The third-order valence-electron chi connectivity index (χ3n) is 5.64. The maximum Gasteiger partial charge on any atom is 0.228 e. The number of rotatable bonds is 9. The lowest BCUT2D eigenvalue weighted by molar-refractivity contribution is -0.135. The molecule has 3 rings (SSSR count). The van der Waals surface area contributed by atoms with Crippen molar-refractivity contribution in [3.63, 3.8) is 0 Å². The van der Waals surface area contributed by atoms with Crippen LogP contribution in [0, 0.1) is 5.92 Å². The molecule has 1 aliphatic rings. The number of ether oxygens (including phenoxy) is 1. The van der Waals surface area contributed by atoms with E-state index in [2.05, 4.69) is 18.8 Å². The molecule has 0 spiro atoms. The molecule has 7 heteroatoms. The molecule has 0 N–H and O–H groups in total. The second-order valence-corrected chi connectivity index (χ2v) is 8.69. The Balaban J connectivity index is 1.83. The Bertz CT molecular complexity index is 865. The third kappa shape index (κ3) is 4.83. The quantitative estimate of drug-likeness (QED) is 0.603. The van der Waals surface area contributed by atoms with E-state index in [-0.39, 0.29) is 24.3 Å². The molecule has 30 heavy (non-hydrogen) atoms. The largest absolute Gasteiger partial charge is 0.497 e. The summed E-state index contributed by atoms with van der Waals surface area (Å²) in [6, 6.07) is 7.47. The number of carbonyl (C=O) groups is 2. The zero-order valence-corrected chi connectivity index (χ0v) is 19.1. The maximum atomic E-state index is 13.4. The number of hydrogen-bond donors (Lipinski definition) is 0. The van der Waals surface area contributed by atoms with Gasteiger partial charge in [-0.1, -0.05) is 32.4 Å². The molecule has 6 nitrogen and oxygen atoms in total. The molecule has 2 atom stereocenters. The normalized spacial score (nSPS) is 18.7. The smallest absolute Gasteiger partial charge is 0.228 e. The van der Waals surface area contributed by atoms with Gasteiger partial charge in [-0.05, 0) is 30.5 Å². The number of amides is 2. The van der Waals surface area contributed by atoms with E-state index in [1.807, 2.05) is 34.5 Å². The lowest BCUT2D eigenvalue weighted by Gasteiger charge is -2.30. The predicted molar refractivity (Wildman–Crippen MR) is 118 cm³/mol. The van der Waals surface area contributed by atoms with Crippen LogP contribution in [0.2, 0.25) is 0 Å². The number of unbranched alkanes of at least 4 members (excludes halogenated alkanes) is 1. The monoisotopic (exact) mass is 429 g/mol. The van der Waals surface area contributed by atoms with Crippen LogP contribution in [0.25, 0.3) is 0 Å². The first kappa shape index (κ1) is 22.3. The second kappa shape index (κ2) is 10.1. The highest BCUT2D eigenvalue weighted by Gasteiger charge is 2.45. The molecule has 1 aromatic heterocycles. The first-order valence-corrected chi connectivity index (χ1v) is 11.5. The van der Waals surface area contributed by atoms with Crippen LogP contribution in [0.15, 0.2) is 29.6 Å². The number of carbonyl (C=O) groups excluding carboxylic acids is 2. The first-order chi connectivity index (χ1) is 14.5. The standard InChI is InChI=1S/C23H31N3O3S/c1-5-7-12-26-21(27)13-19(22(26)16-8-10-18(29-4)11-9-16)23(28)25(3)14-17-15-30-20(6-2)24-17/h8-11,15,19,22H,5-7,12-14H2,1-4H3/t19-,22-/m1/s1. The van der Waals surface area contributed by atoms with E-state index in [1.54, 1.807) is 30.4 Å². The number of aromatic nitrogens is 1. The summed E-state index contributed by atoms with van der Waals surface area (Å²) in [7, 11) is 3.43. The molecule has 0 aliphatic carbocycles. The van der Waals surface area contributed by atoms with E-state index < -0.39 is 5.92 Å². The van der Waals surface area contributed by atoms with Crippen molar-refractivity contribution in [1.29, 1.82) is 0 Å². The van der Waals surface area contributed by atoms with Crippen LogP contribution in [-0.2, 0) is 22.6 Å². The summed E-state index contributed by atoms with van der Waals surface area (Å²) in [5.74, 6) is 0.419. The number of methoxy groups -OCH3 is 1. The van der Waals surface area contributed by atoms with E-state index in [0.29, 0.717) is 13.1 Å². The van der Waals surface area contributed by atoms with Crippen molar-refractivity contribution < 1.29 is 14.3 Å². The van der Waals surface area contributed by atoms with Gasteiger partial charge in [0, 0.05) is 25.4 Å². The molecule has 1 aliphatic heterocycles. The van der Waals surface area contributed by atoms with Crippen molar-refractivity contribution >= 4 is 23.2 Å². The van der Waals surface area contributed by atoms with Gasteiger partial charge in [-0.15, -0.1) is 11.3 Å². The topological polar surface area (TPSA) is 62.7 Å². The van der Waals surface area contributed by atoms with Gasteiger partial charge in [-0.3, -0.25) is 9.59 Å². The Labute approximate surface area is 182 Å². The van der Waals surface area contributed by atoms with Gasteiger partial charge in [-0.25, -0.2) is 4.98 Å². The van der Waals surface area contributed by atoms with Crippen LogP contribution in [-0.4, -0.2) is 47.3 Å². The maximum absolute atomic E-state index is 13.4. The van der Waals surface area contributed by atoms with Gasteiger partial charge in [-0.2, -0.15) is 0 Å². The highest BCUT2D eigenvalue weighted by molar-refractivity contribution is 7.09. The summed E-state index contributed by atoms with van der Waals surface area (Å²) in [6.07, 6.45) is 3.07. The minimum absolute atomic E-state index is 0.00536. The van der Waals surface area contributed by atoms with Crippen molar-refractivity contribution in [1.82, 2.24) is 14.8 Å². The van der Waals surface area contributed by atoms with Gasteiger partial charge in [0.15, 0.2) is 0 Å². The summed E-state index contributed by atoms with van der Waals surface area (Å²) < 4.78 is 5.27. The number of hydrogen-bond acceptors (Lipinski definition) is 5. The van der Waals surface area contributed by atoms with E-state index in [1.165, 1.54) is 0 Å². The summed E-state index contributed by atoms with van der Waals surface area (Å²) in [5.41, 5.74) is 1.88. The summed E-state index contributed by atoms with van der Waals surface area (Å²) in [4.78, 5) is 34.4. The third-order valence-corrected chi connectivity index (χ3v) is 6.68. The second-order valence-electron chi connectivity index (χ2n) is 7.75. The van der Waals surface area contributed by atoms with E-state index in [0.717, 1.165) is 41.3 Å². The van der Waals surface area contributed by atoms with E-state index >= 15 is 0 Å². The number of likely N-dealkylation sites (tertiary alicyclic amines) is 1. The van der Waals surface area contributed by atoms with Gasteiger partial charge in [0.05, 0.1) is 36.3 Å². The van der Waals surface area contributed by atoms with Crippen molar-refractivity contribution in [3.8, 4) is 5.75 Å². The molecule has 162 valence electrons. The number of benzene rings is 1. The van der Waals surface area contributed by atoms with Crippen LogP contribution >= 0.6 is 11.3 Å². The molecular weight excluding hydrogens is 398 g/mol. The molecule has 0 saturated carbocycles. The zero-order chi connectivity index (χ0) is 21.7. The molecule has 2 amide bonds. The highest BCUT2D eigenvalue weighted by atomic mass is 32.1. The SMILES string of the molecule is CCCCN1C(=O)C[C@@H](C(=O)N(C)Cc2csc(CC)n2)[C@H]1c1ccc(OC)cc1. The minimum Gasteiger partial charge on any atom is -0.497 e. The van der Waals surface area contributed by atoms with E-state index in [4.69, 9.17) is 4.74 Å². The summed E-state index contributed by atoms with van der Waals surface area (Å²) >= 11 is 1.62. The zero-order valence-electron chi connectivity index (χ0n) is 18.3. The Morgan fingerprint density at radius 2 is 2.03 bits per heavy atom. The minimum atomic E-state index is -0.392. The van der Waals surface area contributed by atoms with Crippen LogP contribution in [0.4, 0.5) is 0 Å². The van der Waals surface area contributed by atoms with E-state index in [9.17, 15) is 9.59 Å². The molecule has 1 aromatic carbocycles. The lowest BCUT2D eigenvalue weighted by atomic mass is 9.92. The van der Waals surface area contributed by atoms with Gasteiger partial charge in [0.1, 0.15) is 5.75 Å². The average Bonchev–Trinajstić information content (AvgIpc) is 3.35. The molecule has 2 heterocycles. The number of aryl methyl sites for hydroxylation is 1. The Kier molecular flexibility index (Phi) is 7.48. The molecule has 0 bridgehead atoms. The van der Waals surface area contributed by atoms with Crippen LogP contribution in [0.5, 0.6) is 5.75 Å². The van der Waals surface area contributed by atoms with Gasteiger partial charge >= 0.3 is 0 Å². The summed E-state index contributed by atoms with van der Waals surface area (Å²) in [5, 5.41) is 3.08. The average molecular weight is 430 g/mol. The van der Waals surface area contributed by atoms with Crippen molar-refractivity contribution in [2.24, 2.45) is 5.92 Å². The van der Waals surface area contributed by atoms with Gasteiger partial charge in [0.25, 0.3) is 0 Å². The van der Waals surface area contributed by atoms with Crippen LogP contribution < -0.4 is 4.74 Å². The van der Waals surface area contributed by atoms with Gasteiger partial charge < -0.3 is 14.5 Å². The Morgan fingerprint density at radius 1 is 1.30 bits per heavy atom. The molecule has 0 unspecified atom stereocenters. The van der Waals surface area contributed by atoms with Crippen LogP contribution in [0.1, 0.15) is 55.4 Å². The Hall–Kier alpha value is -2.41. The molecular formula is C23H31N3O3S. The molecule has 0 radical (unpaired) electrons. The van der Waals surface area contributed by atoms with Crippen LogP contribution in [0.3, 0.4) is 0 Å². The van der Waals surface area contributed by atoms with Crippen molar-refractivity contribution in [2.45, 2.75) is 52.1 Å². The fourth-order valence-corrected chi connectivity index (χ4v) is 4.74. The Morgan fingerprint density at radius 3 is 2.63 bits per heavy atom. The first-order valence-electron chi connectivity index (χ1n) is 10.6. The van der Waals surface area contributed by atoms with Gasteiger partial charge in [0.2, 0.25) is 11.8 Å².